The Morgan fingerprint density at radius 2 is 1.93 bits per heavy atom. The van der Waals surface area contributed by atoms with E-state index in [-0.39, 0.29) is 5.54 Å². The summed E-state index contributed by atoms with van der Waals surface area (Å²) in [6.45, 7) is 1.72. The third-order valence-electron chi connectivity index (χ3n) is 3.75. The second kappa shape index (κ2) is 3.67. The molecule has 2 heterocycles. The fourth-order valence-electron chi connectivity index (χ4n) is 2.59. The topological polar surface area (TPSA) is 49.5 Å². The maximum atomic E-state index is 10.6. The van der Waals surface area contributed by atoms with Crippen LogP contribution in [-0.2, 0) is 0 Å². The maximum absolute atomic E-state index is 10.6. The number of thioether (sulfide) groups is 1. The lowest BCUT2D eigenvalue weighted by molar-refractivity contribution is -0.0292. The second-order valence-corrected chi connectivity index (χ2v) is 6.01. The van der Waals surface area contributed by atoms with Crippen LogP contribution in [0.2, 0.25) is 0 Å². The second-order valence-electron chi connectivity index (χ2n) is 4.79. The van der Waals surface area contributed by atoms with Gasteiger partial charge in [-0.25, -0.2) is 0 Å². The minimum absolute atomic E-state index is 0.330. The average Bonchev–Trinajstić information content (AvgIpc) is 2.49. The van der Waals surface area contributed by atoms with Crippen LogP contribution in [-0.4, -0.2) is 52.8 Å². The summed E-state index contributed by atoms with van der Waals surface area (Å²) in [7, 11) is 2.05. The van der Waals surface area contributed by atoms with Gasteiger partial charge in [0.1, 0.15) is 0 Å². The van der Waals surface area contributed by atoms with E-state index in [1.807, 2.05) is 11.8 Å². The van der Waals surface area contributed by atoms with E-state index in [0.29, 0.717) is 0 Å². The summed E-state index contributed by atoms with van der Waals surface area (Å²) in [5.41, 5.74) is 5.40. The molecule has 0 aromatic carbocycles. The summed E-state index contributed by atoms with van der Waals surface area (Å²) in [5.74, 6) is 2.20. The summed E-state index contributed by atoms with van der Waals surface area (Å²) in [6.07, 6.45) is 2.76. The van der Waals surface area contributed by atoms with Crippen LogP contribution >= 0.6 is 11.8 Å². The Bertz CT molecular complexity index is 211. The molecule has 3 nitrogen and oxygen atoms in total. The van der Waals surface area contributed by atoms with Gasteiger partial charge in [-0.05, 0) is 37.8 Å². The van der Waals surface area contributed by atoms with Crippen molar-refractivity contribution in [3.05, 3.63) is 0 Å². The van der Waals surface area contributed by atoms with E-state index in [9.17, 15) is 5.11 Å². The first-order valence-corrected chi connectivity index (χ1v) is 6.49. The van der Waals surface area contributed by atoms with E-state index in [4.69, 9.17) is 5.73 Å². The van der Waals surface area contributed by atoms with E-state index in [2.05, 4.69) is 11.9 Å². The maximum Gasteiger partial charge on any atom is 0.0964 e. The van der Waals surface area contributed by atoms with Crippen LogP contribution in [0.4, 0.5) is 0 Å². The molecular formula is C10H20N2OS. The molecular weight excluding hydrogens is 196 g/mol. The van der Waals surface area contributed by atoms with Gasteiger partial charge in [0.05, 0.1) is 5.60 Å². The van der Waals surface area contributed by atoms with Crippen molar-refractivity contribution in [3.63, 3.8) is 0 Å². The summed E-state index contributed by atoms with van der Waals surface area (Å²) in [6, 6.07) is 0. The van der Waals surface area contributed by atoms with E-state index in [1.54, 1.807) is 0 Å². The number of β-amino-alcohol motifs (C(OH)–C–C–N with tert-alkyl or cyclic N) is 1. The van der Waals surface area contributed by atoms with Gasteiger partial charge >= 0.3 is 0 Å². The summed E-state index contributed by atoms with van der Waals surface area (Å²) in [4.78, 5) is 2.18. The monoisotopic (exact) mass is 216 g/mol. The van der Waals surface area contributed by atoms with Crippen molar-refractivity contribution in [1.29, 1.82) is 0 Å². The lowest BCUT2D eigenvalue weighted by Crippen LogP contribution is -2.63. The Balaban J connectivity index is 2.11. The first kappa shape index (κ1) is 10.7. The Kier molecular flexibility index (Phi) is 2.81. The summed E-state index contributed by atoms with van der Waals surface area (Å²) < 4.78 is 0. The molecule has 1 unspecified atom stereocenters. The van der Waals surface area contributed by atoms with Crippen molar-refractivity contribution >= 4 is 11.8 Å². The van der Waals surface area contributed by atoms with Gasteiger partial charge in [-0.1, -0.05) is 0 Å². The van der Waals surface area contributed by atoms with Gasteiger partial charge in [0.25, 0.3) is 0 Å². The lowest BCUT2D eigenvalue weighted by atomic mass is 9.75. The molecule has 0 spiro atoms. The van der Waals surface area contributed by atoms with Crippen molar-refractivity contribution in [3.8, 4) is 0 Å². The van der Waals surface area contributed by atoms with Gasteiger partial charge in [0.15, 0.2) is 0 Å². The molecule has 0 bridgehead atoms. The normalized spacial score (nSPS) is 38.8. The molecule has 14 heavy (non-hydrogen) atoms. The quantitative estimate of drug-likeness (QED) is 0.661. The fraction of sp³-hybridized carbons (Fsp3) is 1.00. The van der Waals surface area contributed by atoms with Crippen molar-refractivity contribution in [2.75, 3.05) is 31.6 Å². The third-order valence-corrected chi connectivity index (χ3v) is 4.74. The Morgan fingerprint density at radius 3 is 2.43 bits per heavy atom. The number of nitrogens with two attached hydrogens (primary N) is 1. The molecule has 3 N–H and O–H groups in total. The van der Waals surface area contributed by atoms with E-state index in [0.717, 1.165) is 43.9 Å². The minimum atomic E-state index is -0.636. The number of nitrogens with zero attached hydrogens (tertiary/aromatic N) is 1. The molecule has 2 rings (SSSR count). The zero-order valence-electron chi connectivity index (χ0n) is 8.83. The predicted octanol–water partition coefficient (Wildman–Crippen LogP) is 0.277. The predicted molar refractivity (Wildman–Crippen MR) is 60.5 cm³/mol. The number of likely N-dealkylation sites (N-methyl/N-ethyl adjacent to an activating group) is 1. The zero-order valence-corrected chi connectivity index (χ0v) is 9.65. The van der Waals surface area contributed by atoms with E-state index < -0.39 is 5.60 Å². The van der Waals surface area contributed by atoms with Gasteiger partial charge in [0.2, 0.25) is 0 Å². The number of aliphatic hydroxyl groups is 1. The largest absolute Gasteiger partial charge is 0.387 e. The molecule has 2 fully saturated rings. The zero-order chi connectivity index (χ0) is 10.2. The van der Waals surface area contributed by atoms with Crippen LogP contribution < -0.4 is 5.73 Å². The minimum Gasteiger partial charge on any atom is -0.387 e. The van der Waals surface area contributed by atoms with Crippen molar-refractivity contribution < 1.29 is 5.11 Å². The number of rotatable bonds is 1. The van der Waals surface area contributed by atoms with Gasteiger partial charge in [-0.2, -0.15) is 11.8 Å². The molecule has 0 saturated carbocycles. The first-order chi connectivity index (χ1) is 6.56. The van der Waals surface area contributed by atoms with Crippen molar-refractivity contribution in [2.24, 2.45) is 5.73 Å². The van der Waals surface area contributed by atoms with Crippen LogP contribution in [0.15, 0.2) is 0 Å². The first-order valence-electron chi connectivity index (χ1n) is 5.33. The van der Waals surface area contributed by atoms with Gasteiger partial charge in [-0.3, -0.25) is 0 Å². The highest BCUT2D eigenvalue weighted by Gasteiger charge is 2.50. The molecule has 1 atom stereocenters. The van der Waals surface area contributed by atoms with Crippen LogP contribution in [0.1, 0.15) is 19.3 Å². The highest BCUT2D eigenvalue weighted by atomic mass is 32.2. The molecule has 2 aliphatic rings. The smallest absolute Gasteiger partial charge is 0.0964 e. The molecule has 0 aromatic rings. The van der Waals surface area contributed by atoms with Crippen molar-refractivity contribution in [2.45, 2.75) is 30.4 Å². The lowest BCUT2D eigenvalue weighted by Gasteiger charge is -2.44. The standard InChI is InChI=1S/C10H20N2OS/c1-12-5-2-10(13,8-12)9(11)3-6-14-7-4-9/h13H,2-8,11H2,1H3. The third kappa shape index (κ3) is 1.69. The van der Waals surface area contributed by atoms with Gasteiger partial charge in [-0.15, -0.1) is 0 Å². The number of hydrogen-bond acceptors (Lipinski definition) is 4. The van der Waals surface area contributed by atoms with Crippen LogP contribution in [0.25, 0.3) is 0 Å². The summed E-state index contributed by atoms with van der Waals surface area (Å²) in [5, 5.41) is 10.6. The fourth-order valence-corrected chi connectivity index (χ4v) is 3.81. The molecule has 82 valence electrons. The molecule has 0 amide bonds. The molecule has 4 heteroatoms. The molecule has 0 radical (unpaired) electrons. The molecule has 0 aromatic heterocycles. The molecule has 2 saturated heterocycles. The van der Waals surface area contributed by atoms with Crippen molar-refractivity contribution in [1.82, 2.24) is 4.90 Å². The van der Waals surface area contributed by atoms with Crippen LogP contribution in [0.5, 0.6) is 0 Å². The van der Waals surface area contributed by atoms with E-state index >= 15 is 0 Å². The number of hydrogen-bond donors (Lipinski definition) is 2. The highest BCUT2D eigenvalue weighted by molar-refractivity contribution is 7.99. The van der Waals surface area contributed by atoms with Crippen LogP contribution in [0, 0.1) is 0 Å². The summed E-state index contributed by atoms with van der Waals surface area (Å²) >= 11 is 1.95. The number of likely N-dealkylation sites (tertiary alicyclic amines) is 1. The Labute approximate surface area is 90.0 Å². The van der Waals surface area contributed by atoms with Gasteiger partial charge in [0, 0.05) is 18.6 Å². The van der Waals surface area contributed by atoms with Gasteiger partial charge < -0.3 is 15.7 Å². The molecule has 0 aliphatic carbocycles. The highest BCUT2D eigenvalue weighted by Crippen LogP contribution is 2.38. The Morgan fingerprint density at radius 1 is 1.29 bits per heavy atom. The Hall–Kier alpha value is 0.230. The SMILES string of the molecule is CN1CCC(O)(C2(N)CCSCC2)C1. The van der Waals surface area contributed by atoms with Crippen LogP contribution in [0.3, 0.4) is 0 Å². The molecule has 2 aliphatic heterocycles. The van der Waals surface area contributed by atoms with E-state index in [1.165, 1.54) is 0 Å². The average molecular weight is 216 g/mol.